The SMILES string of the molecule is O=C1OCCN1N=Cc1cc([N+](=O)[O-])ccc1Cl. The summed E-state index contributed by atoms with van der Waals surface area (Å²) >= 11 is 5.87. The Kier molecular flexibility index (Phi) is 3.42. The molecule has 0 atom stereocenters. The van der Waals surface area contributed by atoms with Crippen LogP contribution in [-0.2, 0) is 4.74 Å². The van der Waals surface area contributed by atoms with E-state index in [1.54, 1.807) is 0 Å². The van der Waals surface area contributed by atoms with Gasteiger partial charge in [-0.2, -0.15) is 10.1 Å². The Bertz CT molecular complexity index is 532. The van der Waals surface area contributed by atoms with Crippen LogP contribution in [0.2, 0.25) is 5.02 Å². The van der Waals surface area contributed by atoms with Crippen molar-refractivity contribution < 1.29 is 14.5 Å². The summed E-state index contributed by atoms with van der Waals surface area (Å²) in [6, 6.07) is 3.99. The van der Waals surface area contributed by atoms with Gasteiger partial charge in [0.15, 0.2) is 0 Å². The third-order valence-corrected chi connectivity index (χ3v) is 2.61. The number of ether oxygens (including phenoxy) is 1. The molecule has 8 heteroatoms. The number of amides is 1. The lowest BCUT2D eigenvalue weighted by Gasteiger charge is -2.04. The Morgan fingerprint density at radius 3 is 2.94 bits per heavy atom. The molecule has 1 amide bonds. The summed E-state index contributed by atoms with van der Waals surface area (Å²) < 4.78 is 4.68. The smallest absolute Gasteiger partial charge is 0.430 e. The van der Waals surface area contributed by atoms with E-state index in [4.69, 9.17) is 11.6 Å². The molecular formula is C10H8ClN3O4. The van der Waals surface area contributed by atoms with Crippen LogP contribution in [0.1, 0.15) is 5.56 Å². The van der Waals surface area contributed by atoms with Gasteiger partial charge in [0.1, 0.15) is 6.61 Å². The van der Waals surface area contributed by atoms with Crippen molar-refractivity contribution in [3.63, 3.8) is 0 Å². The minimum atomic E-state index is -0.548. The molecule has 0 spiro atoms. The summed E-state index contributed by atoms with van der Waals surface area (Å²) in [6.45, 7) is 0.626. The molecular weight excluding hydrogens is 262 g/mol. The first-order valence-electron chi connectivity index (χ1n) is 5.00. The number of cyclic esters (lactones) is 1. The van der Waals surface area contributed by atoms with Crippen LogP contribution in [0.4, 0.5) is 10.5 Å². The number of non-ortho nitro benzene ring substituents is 1. The van der Waals surface area contributed by atoms with Crippen molar-refractivity contribution in [1.29, 1.82) is 0 Å². The summed E-state index contributed by atoms with van der Waals surface area (Å²) in [6.07, 6.45) is 0.745. The standard InChI is InChI=1S/C10H8ClN3O4/c11-9-2-1-8(14(16)17)5-7(9)6-12-13-3-4-18-10(13)15/h1-2,5-6H,3-4H2. The number of halogens is 1. The van der Waals surface area contributed by atoms with E-state index in [1.165, 1.54) is 24.4 Å². The lowest BCUT2D eigenvalue weighted by atomic mass is 10.2. The van der Waals surface area contributed by atoms with Crippen LogP contribution >= 0.6 is 11.6 Å². The summed E-state index contributed by atoms with van der Waals surface area (Å²) in [5.41, 5.74) is 0.274. The van der Waals surface area contributed by atoms with Gasteiger partial charge in [-0.3, -0.25) is 10.1 Å². The highest BCUT2D eigenvalue weighted by molar-refractivity contribution is 6.33. The van der Waals surface area contributed by atoms with Crippen molar-refractivity contribution in [2.75, 3.05) is 13.2 Å². The van der Waals surface area contributed by atoms with Gasteiger partial charge in [0.05, 0.1) is 17.7 Å². The maximum absolute atomic E-state index is 11.1. The number of nitro groups is 1. The average Bonchev–Trinajstić information content (AvgIpc) is 2.73. The molecule has 0 unspecified atom stereocenters. The quantitative estimate of drug-likeness (QED) is 0.477. The highest BCUT2D eigenvalue weighted by atomic mass is 35.5. The van der Waals surface area contributed by atoms with Crippen molar-refractivity contribution in [3.8, 4) is 0 Å². The lowest BCUT2D eigenvalue weighted by molar-refractivity contribution is -0.384. The number of nitro benzene ring substituents is 1. The fourth-order valence-corrected chi connectivity index (χ4v) is 1.53. The number of nitrogens with zero attached hydrogens (tertiary/aromatic N) is 3. The first kappa shape index (κ1) is 12.3. The van der Waals surface area contributed by atoms with Crippen molar-refractivity contribution in [1.82, 2.24) is 5.01 Å². The molecule has 0 saturated carbocycles. The van der Waals surface area contributed by atoms with E-state index in [1.807, 2.05) is 0 Å². The topological polar surface area (TPSA) is 85.0 Å². The first-order chi connectivity index (χ1) is 8.58. The van der Waals surface area contributed by atoms with Gasteiger partial charge in [-0.15, -0.1) is 0 Å². The summed E-state index contributed by atoms with van der Waals surface area (Å²) in [7, 11) is 0. The van der Waals surface area contributed by atoms with Crippen LogP contribution in [0, 0.1) is 10.1 Å². The predicted octanol–water partition coefficient (Wildman–Crippen LogP) is 2.03. The third kappa shape index (κ3) is 2.57. The van der Waals surface area contributed by atoms with Gasteiger partial charge in [-0.1, -0.05) is 11.6 Å². The van der Waals surface area contributed by atoms with E-state index in [9.17, 15) is 14.9 Å². The highest BCUT2D eigenvalue weighted by Crippen LogP contribution is 2.20. The Hall–Kier alpha value is -2.15. The summed E-state index contributed by atoms with van der Waals surface area (Å²) in [4.78, 5) is 21.2. The fourth-order valence-electron chi connectivity index (χ4n) is 1.37. The van der Waals surface area contributed by atoms with Crippen LogP contribution in [0.25, 0.3) is 0 Å². The van der Waals surface area contributed by atoms with E-state index in [0.29, 0.717) is 17.1 Å². The van der Waals surface area contributed by atoms with E-state index in [-0.39, 0.29) is 12.3 Å². The molecule has 7 nitrogen and oxygen atoms in total. The van der Waals surface area contributed by atoms with Gasteiger partial charge in [0, 0.05) is 22.7 Å². The zero-order valence-electron chi connectivity index (χ0n) is 9.08. The molecule has 2 rings (SSSR count). The number of rotatable bonds is 3. The van der Waals surface area contributed by atoms with Crippen molar-refractivity contribution >= 4 is 29.6 Å². The average molecular weight is 270 g/mol. The molecule has 18 heavy (non-hydrogen) atoms. The Morgan fingerprint density at radius 2 is 2.33 bits per heavy atom. The molecule has 94 valence electrons. The van der Waals surface area contributed by atoms with E-state index in [2.05, 4.69) is 9.84 Å². The molecule has 1 aromatic rings. The number of benzene rings is 1. The summed E-state index contributed by atoms with van der Waals surface area (Å²) in [5, 5.41) is 15.9. The molecule has 1 heterocycles. The van der Waals surface area contributed by atoms with Gasteiger partial charge in [0.2, 0.25) is 0 Å². The normalized spacial score (nSPS) is 15.2. The molecule has 1 aliphatic rings. The summed E-state index contributed by atoms with van der Waals surface area (Å²) in [5.74, 6) is 0. The fraction of sp³-hybridized carbons (Fsp3) is 0.200. The largest absolute Gasteiger partial charge is 0.446 e. The van der Waals surface area contributed by atoms with Gasteiger partial charge in [-0.05, 0) is 6.07 Å². The van der Waals surface area contributed by atoms with Crippen LogP contribution in [0.3, 0.4) is 0 Å². The molecule has 1 fully saturated rings. The molecule has 0 aliphatic carbocycles. The molecule has 1 saturated heterocycles. The maximum atomic E-state index is 11.1. The molecule has 0 N–H and O–H groups in total. The first-order valence-corrected chi connectivity index (χ1v) is 5.38. The van der Waals surface area contributed by atoms with Crippen LogP contribution < -0.4 is 0 Å². The second-order valence-electron chi connectivity index (χ2n) is 3.45. The Morgan fingerprint density at radius 1 is 1.56 bits per heavy atom. The molecule has 1 aliphatic heterocycles. The van der Waals surface area contributed by atoms with E-state index in [0.717, 1.165) is 5.01 Å². The molecule has 1 aromatic carbocycles. The highest BCUT2D eigenvalue weighted by Gasteiger charge is 2.20. The second kappa shape index (κ2) is 5.01. The molecule has 0 aromatic heterocycles. The van der Waals surface area contributed by atoms with Gasteiger partial charge in [0.25, 0.3) is 5.69 Å². The minimum Gasteiger partial charge on any atom is -0.446 e. The van der Waals surface area contributed by atoms with Crippen LogP contribution in [-0.4, -0.2) is 35.4 Å². The van der Waals surface area contributed by atoms with Crippen molar-refractivity contribution in [2.24, 2.45) is 5.10 Å². The number of carbonyl (C=O) groups is 1. The predicted molar refractivity (Wildman–Crippen MR) is 63.8 cm³/mol. The Balaban J connectivity index is 2.22. The maximum Gasteiger partial charge on any atom is 0.430 e. The number of hydrogen-bond donors (Lipinski definition) is 0. The molecule has 0 bridgehead atoms. The number of hydrazone groups is 1. The zero-order valence-corrected chi connectivity index (χ0v) is 9.83. The van der Waals surface area contributed by atoms with Gasteiger partial charge >= 0.3 is 6.09 Å². The Labute approximate surface area is 107 Å². The van der Waals surface area contributed by atoms with Gasteiger partial charge < -0.3 is 4.74 Å². The zero-order chi connectivity index (χ0) is 13.1. The van der Waals surface area contributed by atoms with E-state index >= 15 is 0 Å². The number of carbonyl (C=O) groups excluding carboxylic acids is 1. The van der Waals surface area contributed by atoms with Crippen molar-refractivity contribution in [2.45, 2.75) is 0 Å². The third-order valence-electron chi connectivity index (χ3n) is 2.27. The van der Waals surface area contributed by atoms with Crippen LogP contribution in [0.15, 0.2) is 23.3 Å². The lowest BCUT2D eigenvalue weighted by Crippen LogP contribution is -2.17. The van der Waals surface area contributed by atoms with E-state index < -0.39 is 11.0 Å². The number of hydrogen-bond acceptors (Lipinski definition) is 5. The van der Waals surface area contributed by atoms with Crippen molar-refractivity contribution in [3.05, 3.63) is 38.9 Å². The van der Waals surface area contributed by atoms with Crippen LogP contribution in [0.5, 0.6) is 0 Å². The van der Waals surface area contributed by atoms with Gasteiger partial charge in [-0.25, -0.2) is 4.79 Å². The second-order valence-corrected chi connectivity index (χ2v) is 3.85. The minimum absolute atomic E-state index is 0.0927. The molecule has 0 radical (unpaired) electrons. The monoisotopic (exact) mass is 269 g/mol.